The van der Waals surface area contributed by atoms with Gasteiger partial charge in [-0.1, -0.05) is 12.7 Å². The largest absolute Gasteiger partial charge is 0.506 e. The van der Waals surface area contributed by atoms with Crippen LogP contribution in [0.15, 0.2) is 55.1 Å². The molecule has 2 aromatic rings. The predicted molar refractivity (Wildman–Crippen MR) is 104 cm³/mol. The normalized spacial score (nSPS) is 15.3. The van der Waals surface area contributed by atoms with Crippen LogP contribution < -0.4 is 14.4 Å². The lowest BCUT2D eigenvalue weighted by Crippen LogP contribution is -2.25. The molecule has 0 radical (unpaired) electrons. The highest BCUT2D eigenvalue weighted by molar-refractivity contribution is 7.93. The Morgan fingerprint density at radius 3 is 2.63 bits per heavy atom. The summed E-state index contributed by atoms with van der Waals surface area (Å²) in [4.78, 5) is 12.4. The minimum absolute atomic E-state index is 0.0931. The number of rotatable bonds is 6. The number of amides is 1. The van der Waals surface area contributed by atoms with Crippen LogP contribution in [0.5, 0.6) is 11.5 Å². The summed E-state index contributed by atoms with van der Waals surface area (Å²) in [5.41, 5.74) is 0.930. The molecular weight excluding hydrogens is 368 g/mol. The van der Waals surface area contributed by atoms with Gasteiger partial charge < -0.3 is 15.2 Å². The zero-order valence-corrected chi connectivity index (χ0v) is 15.4. The molecule has 2 aromatic carbocycles. The summed E-state index contributed by atoms with van der Waals surface area (Å²) >= 11 is 0. The number of carbonyl (C=O) groups is 1. The standard InChI is InChI=1S/C19H20N2O5S/c1-2-11-26-16-7-4-14(5-8-16)19(23)20-17-13-15(6-9-18(17)22)21-10-3-12-27(21,24)25/h2,4-9,13,22H,1,3,10-12H2,(H,20,23). The molecule has 0 atom stereocenters. The fourth-order valence-electron chi connectivity index (χ4n) is 2.76. The smallest absolute Gasteiger partial charge is 0.255 e. The summed E-state index contributed by atoms with van der Waals surface area (Å²) in [6.07, 6.45) is 2.17. The second kappa shape index (κ2) is 7.71. The summed E-state index contributed by atoms with van der Waals surface area (Å²) in [7, 11) is -3.34. The second-order valence-corrected chi connectivity index (χ2v) is 8.03. The molecule has 0 spiro atoms. The van der Waals surface area contributed by atoms with E-state index in [1.807, 2.05) is 0 Å². The van der Waals surface area contributed by atoms with Gasteiger partial charge in [0, 0.05) is 12.1 Å². The maximum absolute atomic E-state index is 12.4. The number of benzene rings is 2. The zero-order chi connectivity index (χ0) is 19.4. The fraction of sp³-hybridized carbons (Fsp3) is 0.211. The van der Waals surface area contributed by atoms with Gasteiger partial charge in [0.15, 0.2) is 0 Å². The Morgan fingerprint density at radius 1 is 1.26 bits per heavy atom. The van der Waals surface area contributed by atoms with E-state index in [4.69, 9.17) is 4.74 Å². The van der Waals surface area contributed by atoms with E-state index in [2.05, 4.69) is 11.9 Å². The molecule has 0 aromatic heterocycles. The first-order valence-corrected chi connectivity index (χ1v) is 10.0. The molecule has 0 bridgehead atoms. The third-order valence-corrected chi connectivity index (χ3v) is 5.97. The van der Waals surface area contributed by atoms with Gasteiger partial charge in [0.1, 0.15) is 18.1 Å². The van der Waals surface area contributed by atoms with E-state index in [0.29, 0.717) is 36.6 Å². The summed E-state index contributed by atoms with van der Waals surface area (Å²) in [6.45, 7) is 4.32. The molecule has 0 aliphatic carbocycles. The van der Waals surface area contributed by atoms with Gasteiger partial charge in [-0.3, -0.25) is 9.10 Å². The van der Waals surface area contributed by atoms with Crippen molar-refractivity contribution in [3.05, 3.63) is 60.7 Å². The van der Waals surface area contributed by atoms with Gasteiger partial charge in [0.25, 0.3) is 5.91 Å². The Balaban J connectivity index is 1.77. The Bertz CT molecular complexity index is 955. The molecule has 2 N–H and O–H groups in total. The van der Waals surface area contributed by atoms with Gasteiger partial charge in [-0.15, -0.1) is 0 Å². The molecule has 1 saturated heterocycles. The minimum Gasteiger partial charge on any atom is -0.506 e. The molecule has 1 amide bonds. The molecule has 7 nitrogen and oxygen atoms in total. The van der Waals surface area contributed by atoms with Gasteiger partial charge >= 0.3 is 0 Å². The third kappa shape index (κ3) is 4.22. The number of nitrogens with zero attached hydrogens (tertiary/aromatic N) is 1. The number of phenols is 1. The van der Waals surface area contributed by atoms with Crippen LogP contribution in [-0.2, 0) is 10.0 Å². The Labute approximate surface area is 157 Å². The van der Waals surface area contributed by atoms with Crippen LogP contribution in [0.1, 0.15) is 16.8 Å². The molecule has 1 aliphatic heterocycles. The lowest BCUT2D eigenvalue weighted by atomic mass is 10.2. The van der Waals surface area contributed by atoms with Gasteiger partial charge in [-0.05, 0) is 48.9 Å². The second-order valence-electron chi connectivity index (χ2n) is 6.02. The maximum atomic E-state index is 12.4. The summed E-state index contributed by atoms with van der Waals surface area (Å²) in [5, 5.41) is 12.6. The number of anilines is 2. The molecule has 0 saturated carbocycles. The number of phenolic OH excluding ortho intramolecular Hbond substituents is 1. The first-order valence-electron chi connectivity index (χ1n) is 8.39. The van der Waals surface area contributed by atoms with Crippen molar-refractivity contribution in [3.63, 3.8) is 0 Å². The number of hydrogen-bond donors (Lipinski definition) is 2. The number of nitrogens with one attached hydrogen (secondary N) is 1. The van der Waals surface area contributed by atoms with Crippen LogP contribution in [-0.4, -0.2) is 38.3 Å². The average Bonchev–Trinajstić information content (AvgIpc) is 3.01. The summed E-state index contributed by atoms with van der Waals surface area (Å²) in [6, 6.07) is 10.8. The van der Waals surface area contributed by atoms with E-state index >= 15 is 0 Å². The third-order valence-electron chi connectivity index (χ3n) is 4.10. The van der Waals surface area contributed by atoms with Crippen LogP contribution >= 0.6 is 0 Å². The summed E-state index contributed by atoms with van der Waals surface area (Å²) < 4.78 is 30.8. The van der Waals surface area contributed by atoms with Crippen molar-refractivity contribution < 1.29 is 23.1 Å². The van der Waals surface area contributed by atoms with Crippen molar-refractivity contribution in [1.82, 2.24) is 0 Å². The first-order chi connectivity index (χ1) is 12.9. The van der Waals surface area contributed by atoms with Crippen molar-refractivity contribution in [3.8, 4) is 11.5 Å². The van der Waals surface area contributed by atoms with Crippen molar-refractivity contribution in [1.29, 1.82) is 0 Å². The zero-order valence-electron chi connectivity index (χ0n) is 14.6. The van der Waals surface area contributed by atoms with Gasteiger partial charge in [0.2, 0.25) is 10.0 Å². The highest BCUT2D eigenvalue weighted by Gasteiger charge is 2.29. The number of ether oxygens (including phenoxy) is 1. The lowest BCUT2D eigenvalue weighted by Gasteiger charge is -2.18. The first kappa shape index (κ1) is 18.8. The van der Waals surface area contributed by atoms with Crippen LogP contribution in [0.3, 0.4) is 0 Å². The SMILES string of the molecule is C=CCOc1ccc(C(=O)Nc2cc(N3CCCS3(=O)=O)ccc2O)cc1. The van der Waals surface area contributed by atoms with E-state index in [1.165, 1.54) is 22.5 Å². The van der Waals surface area contributed by atoms with E-state index in [-0.39, 0.29) is 17.2 Å². The maximum Gasteiger partial charge on any atom is 0.255 e. The van der Waals surface area contributed by atoms with Crippen LogP contribution in [0.2, 0.25) is 0 Å². The van der Waals surface area contributed by atoms with E-state index in [0.717, 1.165) is 0 Å². The predicted octanol–water partition coefficient (Wildman–Crippen LogP) is 2.75. The Morgan fingerprint density at radius 2 is 2.00 bits per heavy atom. The quantitative estimate of drug-likeness (QED) is 0.586. The molecule has 8 heteroatoms. The molecule has 1 heterocycles. The molecule has 142 valence electrons. The van der Waals surface area contributed by atoms with E-state index in [1.54, 1.807) is 30.3 Å². The number of hydrogen-bond acceptors (Lipinski definition) is 5. The fourth-order valence-corrected chi connectivity index (χ4v) is 4.32. The number of sulfonamides is 1. The van der Waals surface area contributed by atoms with Gasteiger partial charge in [-0.2, -0.15) is 0 Å². The minimum atomic E-state index is -3.34. The molecule has 3 rings (SSSR count). The van der Waals surface area contributed by atoms with Crippen molar-refractivity contribution >= 4 is 27.3 Å². The van der Waals surface area contributed by atoms with E-state index in [9.17, 15) is 18.3 Å². The molecule has 0 unspecified atom stereocenters. The molecule has 1 fully saturated rings. The lowest BCUT2D eigenvalue weighted by molar-refractivity contribution is 0.102. The molecule has 27 heavy (non-hydrogen) atoms. The van der Waals surface area contributed by atoms with E-state index < -0.39 is 15.9 Å². The average molecular weight is 388 g/mol. The van der Waals surface area contributed by atoms with Crippen molar-refractivity contribution in [2.45, 2.75) is 6.42 Å². The van der Waals surface area contributed by atoms with Gasteiger partial charge in [0.05, 0.1) is 17.1 Å². The van der Waals surface area contributed by atoms with Crippen molar-refractivity contribution in [2.24, 2.45) is 0 Å². The van der Waals surface area contributed by atoms with Crippen LogP contribution in [0.25, 0.3) is 0 Å². The number of aromatic hydroxyl groups is 1. The topological polar surface area (TPSA) is 95.9 Å². The van der Waals surface area contributed by atoms with Crippen molar-refractivity contribution in [2.75, 3.05) is 28.5 Å². The van der Waals surface area contributed by atoms with Crippen LogP contribution in [0.4, 0.5) is 11.4 Å². The Hall–Kier alpha value is -3.00. The highest BCUT2D eigenvalue weighted by atomic mass is 32.2. The monoisotopic (exact) mass is 388 g/mol. The summed E-state index contributed by atoms with van der Waals surface area (Å²) in [5.74, 6) is 0.128. The number of carbonyl (C=O) groups excluding carboxylic acids is 1. The highest BCUT2D eigenvalue weighted by Crippen LogP contribution is 2.32. The van der Waals surface area contributed by atoms with Gasteiger partial charge in [-0.25, -0.2) is 8.42 Å². The molecular formula is C19H20N2O5S. The molecule has 1 aliphatic rings. The van der Waals surface area contributed by atoms with Crippen LogP contribution in [0, 0.1) is 0 Å². The Kier molecular flexibility index (Phi) is 5.36.